The molecule has 306 valence electrons. The number of carbonyl (C=O) groups is 1. The molecule has 0 N–H and O–H groups in total. The molecule has 9 rings (SSSR count). The van der Waals surface area contributed by atoms with Crippen molar-refractivity contribution in [3.05, 3.63) is 276 Å². The van der Waals surface area contributed by atoms with Crippen LogP contribution in [0.1, 0.15) is 39.8 Å². The third kappa shape index (κ3) is 7.85. The summed E-state index contributed by atoms with van der Waals surface area (Å²) in [6.45, 7) is 2.13. The van der Waals surface area contributed by atoms with Gasteiger partial charge in [-0.05, 0) is 64.1 Å². The van der Waals surface area contributed by atoms with Crippen molar-refractivity contribution in [3.8, 4) is 0 Å². The molecule has 1 unspecified atom stereocenters. The average Bonchev–Trinajstić information content (AvgIpc) is 3.36. The molecule has 8 aromatic carbocycles. The monoisotopic (exact) mass is 809 g/mol. The first-order chi connectivity index (χ1) is 30.7. The highest BCUT2D eigenvalue weighted by molar-refractivity contribution is 5.99. The maximum absolute atomic E-state index is 15.5. The number of amides is 2. The quantitative estimate of drug-likeness (QED) is 0.109. The molecule has 1 heterocycles. The molecular weight excluding hydrogens is 759 g/mol. The minimum Gasteiger partial charge on any atom is -0.361 e. The number of nitrogens with zero attached hydrogens (tertiary/aromatic N) is 3. The Hall–Kier alpha value is -7.05. The zero-order valence-electron chi connectivity index (χ0n) is 34.9. The van der Waals surface area contributed by atoms with E-state index in [-0.39, 0.29) is 12.1 Å². The number of carbonyl (C=O) groups excluding carboxylic acids is 1. The molecule has 0 saturated carbocycles. The summed E-state index contributed by atoms with van der Waals surface area (Å²) in [7, 11) is 0. The molecule has 1 aliphatic heterocycles. The molecule has 1 atom stereocenters. The summed E-state index contributed by atoms with van der Waals surface area (Å²) < 4.78 is 7.45. The minimum absolute atomic E-state index is 0.0581. The molecule has 5 heteroatoms. The van der Waals surface area contributed by atoms with Crippen LogP contribution >= 0.6 is 0 Å². The highest BCUT2D eigenvalue weighted by atomic mass is 16.5. The molecule has 0 spiro atoms. The molecule has 2 amide bonds. The second kappa shape index (κ2) is 18.7. The van der Waals surface area contributed by atoms with Crippen LogP contribution < -0.4 is 4.90 Å². The van der Waals surface area contributed by atoms with Gasteiger partial charge in [0.05, 0.1) is 23.5 Å². The number of anilines is 2. The van der Waals surface area contributed by atoms with Gasteiger partial charge in [0.2, 0.25) is 0 Å². The van der Waals surface area contributed by atoms with Gasteiger partial charge in [-0.15, -0.1) is 0 Å². The van der Waals surface area contributed by atoms with E-state index in [1.54, 1.807) is 0 Å². The van der Waals surface area contributed by atoms with Gasteiger partial charge in [-0.3, -0.25) is 9.80 Å². The Morgan fingerprint density at radius 3 is 1.13 bits per heavy atom. The van der Waals surface area contributed by atoms with Crippen molar-refractivity contribution in [2.75, 3.05) is 31.1 Å². The zero-order valence-corrected chi connectivity index (χ0v) is 34.9. The van der Waals surface area contributed by atoms with Gasteiger partial charge in [0, 0.05) is 25.7 Å². The summed E-state index contributed by atoms with van der Waals surface area (Å²) in [5.74, 6) is 0. The first kappa shape index (κ1) is 40.4. The summed E-state index contributed by atoms with van der Waals surface area (Å²) >= 11 is 0. The summed E-state index contributed by atoms with van der Waals surface area (Å²) in [4.78, 5) is 22.1. The highest BCUT2D eigenvalue weighted by Crippen LogP contribution is 2.45. The maximum Gasteiger partial charge on any atom is 0.329 e. The Balaban J connectivity index is 1.16. The molecule has 0 aliphatic carbocycles. The molecule has 1 aliphatic rings. The fraction of sp³-hybridized carbons (Fsp3) is 0.140. The van der Waals surface area contributed by atoms with Gasteiger partial charge in [0.15, 0.2) is 0 Å². The molecule has 1 saturated heterocycles. The summed E-state index contributed by atoms with van der Waals surface area (Å²) in [6.07, 6.45) is 0.586. The van der Waals surface area contributed by atoms with E-state index in [2.05, 4.69) is 174 Å². The van der Waals surface area contributed by atoms with Gasteiger partial charge >= 0.3 is 6.03 Å². The first-order valence-electron chi connectivity index (χ1n) is 21.6. The van der Waals surface area contributed by atoms with Crippen LogP contribution in [0.4, 0.5) is 16.2 Å². The number of hydrogen-bond donors (Lipinski definition) is 0. The molecule has 0 bridgehead atoms. The largest absolute Gasteiger partial charge is 0.361 e. The third-order valence-corrected chi connectivity index (χ3v) is 12.3. The van der Waals surface area contributed by atoms with Crippen molar-refractivity contribution in [1.82, 2.24) is 9.80 Å². The molecule has 0 aromatic heterocycles. The van der Waals surface area contributed by atoms with Crippen molar-refractivity contribution >= 4 is 17.4 Å². The van der Waals surface area contributed by atoms with Crippen molar-refractivity contribution in [3.63, 3.8) is 0 Å². The molecule has 0 radical (unpaired) electrons. The van der Waals surface area contributed by atoms with Crippen LogP contribution in [0.2, 0.25) is 0 Å². The Morgan fingerprint density at radius 1 is 0.452 bits per heavy atom. The van der Waals surface area contributed by atoms with Crippen molar-refractivity contribution in [2.45, 2.75) is 23.6 Å². The lowest BCUT2D eigenvalue weighted by Gasteiger charge is -2.52. The third-order valence-electron chi connectivity index (χ3n) is 12.3. The molecule has 5 nitrogen and oxygen atoms in total. The number of hydrogen-bond acceptors (Lipinski definition) is 3. The van der Waals surface area contributed by atoms with Crippen LogP contribution in [0.25, 0.3) is 0 Å². The zero-order chi connectivity index (χ0) is 42.0. The van der Waals surface area contributed by atoms with E-state index in [1.807, 2.05) is 83.8 Å². The van der Waals surface area contributed by atoms with E-state index < -0.39 is 11.1 Å². The SMILES string of the molecule is O=C(N(c1ccccc1)c1ccccc1)N1CCN(C(c2ccccc2)(c2ccccc2)c2ccccc2)CC1CCOC(c1ccccc1)(c1ccccc1)c1ccccc1. The normalized spacial score (nSPS) is 14.6. The van der Waals surface area contributed by atoms with E-state index in [4.69, 9.17) is 4.74 Å². The fourth-order valence-electron chi connectivity index (χ4n) is 9.51. The van der Waals surface area contributed by atoms with Gasteiger partial charge in [-0.2, -0.15) is 0 Å². The molecule has 8 aromatic rings. The van der Waals surface area contributed by atoms with Crippen LogP contribution in [0.15, 0.2) is 243 Å². The van der Waals surface area contributed by atoms with E-state index in [1.165, 1.54) is 16.7 Å². The molecule has 1 fully saturated rings. The first-order valence-corrected chi connectivity index (χ1v) is 21.6. The highest BCUT2D eigenvalue weighted by Gasteiger charge is 2.47. The number of benzene rings is 8. The Bertz CT molecular complexity index is 2360. The number of urea groups is 1. The van der Waals surface area contributed by atoms with E-state index in [0.29, 0.717) is 32.7 Å². The standard InChI is InChI=1S/C57H51N3O2/c61-55(60(52-37-21-7-22-38-52)53-39-23-8-24-40-53)59-43-42-58(56(46-25-9-1-10-26-46,47-27-11-2-12-28-47)48-29-13-3-14-30-48)45-54(59)41-44-62-57(49-31-15-4-16-32-49,50-33-17-5-18-34-50)51-35-19-6-20-36-51/h1-40,54H,41-45H2. The van der Waals surface area contributed by atoms with Crippen LogP contribution in [0, 0.1) is 0 Å². The fourth-order valence-corrected chi connectivity index (χ4v) is 9.51. The molecule has 62 heavy (non-hydrogen) atoms. The summed E-state index contributed by atoms with van der Waals surface area (Å²) in [5, 5.41) is 0. The lowest BCUT2D eigenvalue weighted by atomic mass is 9.75. The smallest absolute Gasteiger partial charge is 0.329 e. The van der Waals surface area contributed by atoms with Gasteiger partial charge < -0.3 is 9.64 Å². The Kier molecular flexibility index (Phi) is 12.2. The van der Waals surface area contributed by atoms with Gasteiger partial charge in [0.1, 0.15) is 5.60 Å². The Morgan fingerprint density at radius 2 is 0.774 bits per heavy atom. The van der Waals surface area contributed by atoms with Crippen molar-refractivity contribution in [1.29, 1.82) is 0 Å². The maximum atomic E-state index is 15.5. The predicted molar refractivity (Wildman–Crippen MR) is 251 cm³/mol. The van der Waals surface area contributed by atoms with Crippen LogP contribution in [0.3, 0.4) is 0 Å². The number of para-hydroxylation sites is 2. The van der Waals surface area contributed by atoms with E-state index >= 15 is 4.79 Å². The topological polar surface area (TPSA) is 36.0 Å². The van der Waals surface area contributed by atoms with Crippen molar-refractivity contribution in [2.24, 2.45) is 0 Å². The lowest BCUT2D eigenvalue weighted by molar-refractivity contribution is -0.0118. The van der Waals surface area contributed by atoms with E-state index in [0.717, 1.165) is 28.1 Å². The second-order valence-electron chi connectivity index (χ2n) is 15.8. The van der Waals surface area contributed by atoms with Gasteiger partial charge in [-0.1, -0.05) is 218 Å². The number of ether oxygens (including phenoxy) is 1. The average molecular weight is 810 g/mol. The molecular formula is C57H51N3O2. The Labute approximate surface area is 366 Å². The second-order valence-corrected chi connectivity index (χ2v) is 15.8. The number of piperazine rings is 1. The van der Waals surface area contributed by atoms with Crippen LogP contribution in [-0.4, -0.2) is 48.1 Å². The van der Waals surface area contributed by atoms with Gasteiger partial charge in [-0.25, -0.2) is 4.79 Å². The predicted octanol–water partition coefficient (Wildman–Crippen LogP) is 12.3. The van der Waals surface area contributed by atoms with Crippen molar-refractivity contribution < 1.29 is 9.53 Å². The van der Waals surface area contributed by atoms with E-state index in [9.17, 15) is 0 Å². The minimum atomic E-state index is -0.894. The summed E-state index contributed by atoms with van der Waals surface area (Å²) in [5.41, 5.74) is 6.79. The van der Waals surface area contributed by atoms with Crippen LogP contribution in [0.5, 0.6) is 0 Å². The summed E-state index contributed by atoms with van der Waals surface area (Å²) in [6, 6.07) is 83.8. The lowest BCUT2D eigenvalue weighted by Crippen LogP contribution is -2.63. The number of rotatable bonds is 13. The van der Waals surface area contributed by atoms with Crippen LogP contribution in [-0.2, 0) is 15.9 Å². The van der Waals surface area contributed by atoms with Gasteiger partial charge in [0.25, 0.3) is 0 Å².